The Balaban J connectivity index is 1.87. The van der Waals surface area contributed by atoms with Crippen LogP contribution in [0.1, 0.15) is 50.7 Å². The Kier molecular flexibility index (Phi) is 4.36. The molecule has 1 aliphatic carbocycles. The highest BCUT2D eigenvalue weighted by molar-refractivity contribution is 5.82. The van der Waals surface area contributed by atoms with Crippen LogP contribution in [0.2, 0.25) is 0 Å². The van der Waals surface area contributed by atoms with Crippen molar-refractivity contribution in [3.05, 3.63) is 11.7 Å². The molecule has 0 unspecified atom stereocenters. The number of carboxylic acids is 1. The van der Waals surface area contributed by atoms with Gasteiger partial charge in [0.25, 0.3) is 0 Å². The van der Waals surface area contributed by atoms with Gasteiger partial charge in [0.05, 0.1) is 0 Å². The minimum absolute atomic E-state index is 0.0903. The zero-order valence-corrected chi connectivity index (χ0v) is 11.7. The molecule has 0 aromatic carbocycles. The number of rotatable bonds is 7. The molecule has 1 saturated carbocycles. The molecule has 0 aliphatic heterocycles. The van der Waals surface area contributed by atoms with Crippen LogP contribution in [0.4, 0.5) is 0 Å². The van der Waals surface area contributed by atoms with Crippen molar-refractivity contribution in [3.8, 4) is 0 Å². The van der Waals surface area contributed by atoms with Crippen LogP contribution >= 0.6 is 0 Å². The number of carboxylic acid groups (broad SMARTS) is 1. The molecular weight excluding hydrogens is 262 g/mol. The maximum absolute atomic E-state index is 12.0. The SMILES string of the molecule is CC(C)c1noc(CCC(=O)N(CC(=O)O)C2CC2)n1. The van der Waals surface area contributed by atoms with Gasteiger partial charge in [-0.1, -0.05) is 19.0 Å². The van der Waals surface area contributed by atoms with Crippen molar-refractivity contribution < 1.29 is 19.2 Å². The van der Waals surface area contributed by atoms with Crippen molar-refractivity contribution in [2.75, 3.05) is 6.54 Å². The van der Waals surface area contributed by atoms with E-state index in [0.717, 1.165) is 12.8 Å². The van der Waals surface area contributed by atoms with Crippen molar-refractivity contribution in [2.24, 2.45) is 0 Å². The quantitative estimate of drug-likeness (QED) is 0.806. The molecule has 7 heteroatoms. The van der Waals surface area contributed by atoms with E-state index in [1.165, 1.54) is 4.90 Å². The van der Waals surface area contributed by atoms with Crippen LogP contribution in [0.5, 0.6) is 0 Å². The number of carbonyl (C=O) groups is 2. The average Bonchev–Trinajstić information content (AvgIpc) is 3.10. The lowest BCUT2D eigenvalue weighted by atomic mass is 10.2. The van der Waals surface area contributed by atoms with Crippen molar-refractivity contribution >= 4 is 11.9 Å². The fourth-order valence-electron chi connectivity index (χ4n) is 1.91. The van der Waals surface area contributed by atoms with Crippen LogP contribution < -0.4 is 0 Å². The first-order chi connectivity index (χ1) is 9.47. The molecule has 0 saturated heterocycles. The van der Waals surface area contributed by atoms with Gasteiger partial charge in [-0.2, -0.15) is 4.98 Å². The van der Waals surface area contributed by atoms with Crippen molar-refractivity contribution in [1.82, 2.24) is 15.0 Å². The van der Waals surface area contributed by atoms with E-state index < -0.39 is 5.97 Å². The van der Waals surface area contributed by atoms with Crippen LogP contribution in [0.25, 0.3) is 0 Å². The molecule has 1 heterocycles. The molecule has 110 valence electrons. The van der Waals surface area contributed by atoms with Crippen LogP contribution in [-0.4, -0.2) is 44.6 Å². The van der Waals surface area contributed by atoms with Crippen LogP contribution in [0.15, 0.2) is 4.52 Å². The lowest BCUT2D eigenvalue weighted by molar-refractivity contribution is -0.144. The molecule has 1 N–H and O–H groups in total. The summed E-state index contributed by atoms with van der Waals surface area (Å²) < 4.78 is 5.07. The van der Waals surface area contributed by atoms with Gasteiger partial charge >= 0.3 is 5.97 Å². The first-order valence-corrected chi connectivity index (χ1v) is 6.81. The monoisotopic (exact) mass is 281 g/mol. The van der Waals surface area contributed by atoms with E-state index in [4.69, 9.17) is 9.63 Å². The highest BCUT2D eigenvalue weighted by Crippen LogP contribution is 2.27. The number of aliphatic carboxylic acids is 1. The molecule has 0 bridgehead atoms. The number of aromatic nitrogens is 2. The molecule has 7 nitrogen and oxygen atoms in total. The second kappa shape index (κ2) is 6.02. The standard InChI is InChI=1S/C13H19N3O4/c1-8(2)13-14-10(20-15-13)5-6-11(17)16(7-12(18)19)9-3-4-9/h8-9H,3-7H2,1-2H3,(H,18,19). The van der Waals surface area contributed by atoms with Crippen LogP contribution in [-0.2, 0) is 16.0 Å². The summed E-state index contributed by atoms with van der Waals surface area (Å²) in [6, 6.07) is 0.0903. The molecule has 1 aromatic heterocycles. The predicted molar refractivity (Wildman–Crippen MR) is 69.1 cm³/mol. The summed E-state index contributed by atoms with van der Waals surface area (Å²) >= 11 is 0. The Morgan fingerprint density at radius 2 is 2.15 bits per heavy atom. The molecule has 0 spiro atoms. The van der Waals surface area contributed by atoms with Gasteiger partial charge in [-0.15, -0.1) is 0 Å². The Labute approximate surface area is 117 Å². The normalized spacial score (nSPS) is 14.6. The maximum atomic E-state index is 12.0. The zero-order valence-electron chi connectivity index (χ0n) is 11.7. The molecule has 1 amide bonds. The maximum Gasteiger partial charge on any atom is 0.323 e. The van der Waals surface area contributed by atoms with E-state index >= 15 is 0 Å². The fraction of sp³-hybridized carbons (Fsp3) is 0.692. The Hall–Kier alpha value is -1.92. The van der Waals surface area contributed by atoms with Crippen LogP contribution in [0, 0.1) is 0 Å². The topological polar surface area (TPSA) is 96.5 Å². The summed E-state index contributed by atoms with van der Waals surface area (Å²) in [7, 11) is 0. The van der Waals surface area contributed by atoms with Gasteiger partial charge in [-0.05, 0) is 12.8 Å². The number of hydrogen-bond acceptors (Lipinski definition) is 5. The third-order valence-corrected chi connectivity index (χ3v) is 3.17. The molecule has 0 atom stereocenters. The van der Waals surface area contributed by atoms with Crippen molar-refractivity contribution in [3.63, 3.8) is 0 Å². The fourth-order valence-corrected chi connectivity index (χ4v) is 1.91. The molecule has 1 fully saturated rings. The smallest absolute Gasteiger partial charge is 0.323 e. The van der Waals surface area contributed by atoms with Gasteiger partial charge in [0.2, 0.25) is 11.8 Å². The van der Waals surface area contributed by atoms with Gasteiger partial charge in [-0.25, -0.2) is 0 Å². The first-order valence-electron chi connectivity index (χ1n) is 6.81. The molecule has 2 rings (SSSR count). The van der Waals surface area contributed by atoms with Gasteiger partial charge in [0.15, 0.2) is 5.82 Å². The van der Waals surface area contributed by atoms with Gasteiger partial charge < -0.3 is 14.5 Å². The molecule has 1 aliphatic rings. The lowest BCUT2D eigenvalue weighted by Gasteiger charge is -2.19. The summed E-state index contributed by atoms with van der Waals surface area (Å²) in [6.07, 6.45) is 2.32. The molecule has 0 radical (unpaired) electrons. The third-order valence-electron chi connectivity index (χ3n) is 3.17. The van der Waals surface area contributed by atoms with E-state index in [2.05, 4.69) is 10.1 Å². The van der Waals surface area contributed by atoms with E-state index in [1.807, 2.05) is 13.8 Å². The largest absolute Gasteiger partial charge is 0.480 e. The van der Waals surface area contributed by atoms with E-state index in [1.54, 1.807) is 0 Å². The number of nitrogens with zero attached hydrogens (tertiary/aromatic N) is 3. The highest BCUT2D eigenvalue weighted by atomic mass is 16.5. The number of aryl methyl sites for hydroxylation is 1. The first kappa shape index (κ1) is 14.5. The van der Waals surface area contributed by atoms with E-state index in [-0.39, 0.29) is 30.8 Å². The second-order valence-corrected chi connectivity index (χ2v) is 5.35. The number of amides is 1. The molecule has 1 aromatic rings. The minimum atomic E-state index is -0.981. The van der Waals surface area contributed by atoms with E-state index in [9.17, 15) is 9.59 Å². The van der Waals surface area contributed by atoms with Gasteiger partial charge in [0.1, 0.15) is 6.54 Å². The Morgan fingerprint density at radius 1 is 1.45 bits per heavy atom. The summed E-state index contributed by atoms with van der Waals surface area (Å²) in [6.45, 7) is 3.69. The molecule has 20 heavy (non-hydrogen) atoms. The summed E-state index contributed by atoms with van der Waals surface area (Å²) in [5.74, 6) is 0.0765. The summed E-state index contributed by atoms with van der Waals surface area (Å²) in [5.41, 5.74) is 0. The molecular formula is C13H19N3O4. The lowest BCUT2D eigenvalue weighted by Crippen LogP contribution is -2.37. The predicted octanol–water partition coefficient (Wildman–Crippen LogP) is 1.20. The Bertz CT molecular complexity index is 494. The van der Waals surface area contributed by atoms with Crippen LogP contribution in [0.3, 0.4) is 0 Å². The Morgan fingerprint density at radius 3 is 2.65 bits per heavy atom. The van der Waals surface area contributed by atoms with Crippen molar-refractivity contribution in [2.45, 2.75) is 51.5 Å². The minimum Gasteiger partial charge on any atom is -0.480 e. The van der Waals surface area contributed by atoms with Gasteiger partial charge in [0, 0.05) is 24.8 Å². The average molecular weight is 281 g/mol. The van der Waals surface area contributed by atoms with Crippen molar-refractivity contribution in [1.29, 1.82) is 0 Å². The highest BCUT2D eigenvalue weighted by Gasteiger charge is 2.33. The number of carbonyl (C=O) groups excluding carboxylic acids is 1. The van der Waals surface area contributed by atoms with E-state index in [0.29, 0.717) is 18.1 Å². The second-order valence-electron chi connectivity index (χ2n) is 5.35. The summed E-state index contributed by atoms with van der Waals surface area (Å²) in [4.78, 5) is 28.4. The zero-order chi connectivity index (χ0) is 14.7. The van der Waals surface area contributed by atoms with Gasteiger partial charge in [-0.3, -0.25) is 9.59 Å². The third kappa shape index (κ3) is 3.79. The summed E-state index contributed by atoms with van der Waals surface area (Å²) in [5, 5.41) is 12.7. The number of hydrogen-bond donors (Lipinski definition) is 1.